The van der Waals surface area contributed by atoms with E-state index in [-0.39, 0.29) is 41.2 Å². The first-order chi connectivity index (χ1) is 16.1. The first-order valence-corrected chi connectivity index (χ1v) is 12.3. The standard InChI is InChI=1S/C27H36N4O3/c1-5-27(6-2)16-22(32)31(25(28)30-27)17(3)18-11-9-12-19(14-18)24(33)29-23-21-13-8-7-10-20(21)15-26(23,4)34/h7-14,17,20-21,23,34H,5-6,15-16H2,1-4H3,(H2,28,30)(H,29,33)/t17-,20?,21?,23-,26?/m1/s1. The number of amides is 2. The molecule has 7 heteroatoms. The van der Waals surface area contributed by atoms with E-state index >= 15 is 0 Å². The summed E-state index contributed by atoms with van der Waals surface area (Å²) < 4.78 is 0. The van der Waals surface area contributed by atoms with Crippen LogP contribution in [0.4, 0.5) is 0 Å². The highest BCUT2D eigenvalue weighted by molar-refractivity contribution is 6.00. The molecule has 1 aliphatic heterocycles. The minimum atomic E-state index is -0.999. The summed E-state index contributed by atoms with van der Waals surface area (Å²) >= 11 is 0. The zero-order valence-electron chi connectivity index (χ0n) is 20.5. The molecular weight excluding hydrogens is 428 g/mol. The lowest BCUT2D eigenvalue weighted by Gasteiger charge is -2.44. The molecule has 7 nitrogen and oxygen atoms in total. The summed E-state index contributed by atoms with van der Waals surface area (Å²) in [5.74, 6) is 0.0316. The van der Waals surface area contributed by atoms with Crippen molar-refractivity contribution in [2.24, 2.45) is 11.8 Å². The molecule has 5 atom stereocenters. The Hall–Kier alpha value is -2.93. The van der Waals surface area contributed by atoms with Gasteiger partial charge in [-0.3, -0.25) is 19.9 Å². The summed E-state index contributed by atoms with van der Waals surface area (Å²) in [4.78, 5) is 27.7. The fraction of sp³-hybridized carbons (Fsp3) is 0.519. The number of nitrogens with one attached hydrogen (secondary N) is 3. The minimum Gasteiger partial charge on any atom is -0.388 e. The number of fused-ring (bicyclic) bond motifs is 1. The summed E-state index contributed by atoms with van der Waals surface area (Å²) in [7, 11) is 0. The molecule has 0 radical (unpaired) electrons. The van der Waals surface area contributed by atoms with Gasteiger partial charge >= 0.3 is 0 Å². The third-order valence-electron chi connectivity index (χ3n) is 8.04. The Morgan fingerprint density at radius 2 is 2.00 bits per heavy atom. The highest BCUT2D eigenvalue weighted by Crippen LogP contribution is 2.42. The van der Waals surface area contributed by atoms with Crippen LogP contribution in [0.2, 0.25) is 0 Å². The van der Waals surface area contributed by atoms with Crippen LogP contribution in [0.5, 0.6) is 0 Å². The first-order valence-electron chi connectivity index (χ1n) is 12.3. The topological polar surface area (TPSA) is 106 Å². The smallest absolute Gasteiger partial charge is 0.251 e. The van der Waals surface area contributed by atoms with Crippen LogP contribution < -0.4 is 10.6 Å². The van der Waals surface area contributed by atoms with Crippen molar-refractivity contribution in [2.75, 3.05) is 0 Å². The second-order valence-corrected chi connectivity index (χ2v) is 10.2. The zero-order chi connectivity index (χ0) is 24.7. The second-order valence-electron chi connectivity index (χ2n) is 10.2. The number of rotatable bonds is 6. The van der Waals surface area contributed by atoms with E-state index in [1.807, 2.05) is 39.0 Å². The Labute approximate surface area is 201 Å². The molecule has 2 amide bonds. The van der Waals surface area contributed by atoms with Crippen molar-refractivity contribution >= 4 is 17.8 Å². The van der Waals surface area contributed by atoms with Crippen LogP contribution in [0, 0.1) is 17.2 Å². The number of benzene rings is 1. The van der Waals surface area contributed by atoms with E-state index < -0.39 is 11.6 Å². The lowest BCUT2D eigenvalue weighted by Crippen LogP contribution is -2.62. The van der Waals surface area contributed by atoms with Crippen LogP contribution in [0.15, 0.2) is 48.6 Å². The van der Waals surface area contributed by atoms with Gasteiger partial charge in [-0.1, -0.05) is 50.3 Å². The average molecular weight is 465 g/mol. The maximum atomic E-state index is 13.2. The normalized spacial score (nSPS) is 30.6. The van der Waals surface area contributed by atoms with Gasteiger partial charge in [0.25, 0.3) is 5.91 Å². The molecule has 0 aromatic heterocycles. The van der Waals surface area contributed by atoms with E-state index in [0.29, 0.717) is 18.4 Å². The number of nitrogens with zero attached hydrogens (tertiary/aromatic N) is 1. The highest BCUT2D eigenvalue weighted by atomic mass is 16.3. The van der Waals surface area contributed by atoms with E-state index in [2.05, 4.69) is 22.8 Å². The van der Waals surface area contributed by atoms with E-state index in [0.717, 1.165) is 18.4 Å². The maximum absolute atomic E-state index is 13.2. The van der Waals surface area contributed by atoms with Crippen molar-refractivity contribution in [1.29, 1.82) is 5.41 Å². The number of guanidine groups is 1. The molecular formula is C27H36N4O3. The fourth-order valence-electron chi connectivity index (χ4n) is 5.76. The van der Waals surface area contributed by atoms with Gasteiger partial charge in [0.2, 0.25) is 5.91 Å². The summed E-state index contributed by atoms with van der Waals surface area (Å²) in [5, 5.41) is 25.8. The van der Waals surface area contributed by atoms with Gasteiger partial charge < -0.3 is 15.7 Å². The number of hydrogen-bond acceptors (Lipinski definition) is 4. The monoisotopic (exact) mass is 464 g/mol. The number of hydrogen-bond donors (Lipinski definition) is 4. The van der Waals surface area contributed by atoms with Gasteiger partial charge in [0.15, 0.2) is 5.96 Å². The predicted octanol–water partition coefficient (Wildman–Crippen LogP) is 3.67. The Morgan fingerprint density at radius 1 is 1.29 bits per heavy atom. The van der Waals surface area contributed by atoms with Gasteiger partial charge in [0.1, 0.15) is 0 Å². The summed E-state index contributed by atoms with van der Waals surface area (Å²) in [6.45, 7) is 7.72. The lowest BCUT2D eigenvalue weighted by molar-refractivity contribution is -0.132. The van der Waals surface area contributed by atoms with Crippen LogP contribution in [0.3, 0.4) is 0 Å². The summed E-state index contributed by atoms with van der Waals surface area (Å²) in [6.07, 6.45) is 10.6. The zero-order valence-corrected chi connectivity index (χ0v) is 20.5. The predicted molar refractivity (Wildman–Crippen MR) is 132 cm³/mol. The van der Waals surface area contributed by atoms with Crippen LogP contribution in [0.1, 0.15) is 75.3 Å². The molecule has 3 aliphatic rings. The van der Waals surface area contributed by atoms with Gasteiger partial charge in [-0.05, 0) is 56.7 Å². The molecule has 4 N–H and O–H groups in total. The molecule has 3 unspecified atom stereocenters. The highest BCUT2D eigenvalue weighted by Gasteiger charge is 2.49. The minimum absolute atomic E-state index is 0.0565. The van der Waals surface area contributed by atoms with E-state index in [1.165, 1.54) is 4.90 Å². The van der Waals surface area contributed by atoms with Crippen molar-refractivity contribution in [1.82, 2.24) is 15.5 Å². The molecule has 34 heavy (non-hydrogen) atoms. The van der Waals surface area contributed by atoms with Gasteiger partial charge in [-0.2, -0.15) is 0 Å². The molecule has 1 aromatic carbocycles. The largest absolute Gasteiger partial charge is 0.388 e. The summed E-state index contributed by atoms with van der Waals surface area (Å²) in [5.41, 5.74) is -0.115. The van der Waals surface area contributed by atoms with Crippen LogP contribution in [0.25, 0.3) is 0 Å². The Balaban J connectivity index is 1.51. The maximum Gasteiger partial charge on any atom is 0.251 e. The Bertz CT molecular complexity index is 1020. The Morgan fingerprint density at radius 3 is 2.68 bits per heavy atom. The first kappa shape index (κ1) is 24.2. The van der Waals surface area contributed by atoms with Crippen molar-refractivity contribution in [3.63, 3.8) is 0 Å². The Kier molecular flexibility index (Phi) is 6.42. The van der Waals surface area contributed by atoms with Gasteiger partial charge in [0, 0.05) is 17.0 Å². The average Bonchev–Trinajstić information content (AvgIpc) is 3.07. The van der Waals surface area contributed by atoms with Gasteiger partial charge in [-0.25, -0.2) is 0 Å². The molecule has 4 rings (SSSR count). The number of carbonyl (C=O) groups excluding carboxylic acids is 2. The third-order valence-corrected chi connectivity index (χ3v) is 8.04. The van der Waals surface area contributed by atoms with E-state index in [1.54, 1.807) is 25.1 Å². The lowest BCUT2D eigenvalue weighted by atomic mass is 9.86. The van der Waals surface area contributed by atoms with Crippen LogP contribution >= 0.6 is 0 Å². The number of aliphatic hydroxyl groups is 1. The molecule has 2 fully saturated rings. The molecule has 1 heterocycles. The van der Waals surface area contributed by atoms with E-state index in [4.69, 9.17) is 5.41 Å². The van der Waals surface area contributed by atoms with Crippen molar-refractivity contribution in [3.8, 4) is 0 Å². The SMILES string of the molecule is CCC1(CC)CC(=O)N([C@H](C)c2cccc(C(=O)N[C@@H]3C4C=CC=CC4CC3(C)O)c2)C(=N)N1. The number of carbonyl (C=O) groups is 2. The summed E-state index contributed by atoms with van der Waals surface area (Å²) in [6, 6.07) is 6.42. The van der Waals surface area contributed by atoms with Crippen molar-refractivity contribution in [3.05, 3.63) is 59.7 Å². The molecule has 2 aliphatic carbocycles. The quantitative estimate of drug-likeness (QED) is 0.515. The molecule has 1 saturated carbocycles. The third kappa shape index (κ3) is 4.29. The number of allylic oxidation sites excluding steroid dienone is 3. The van der Waals surface area contributed by atoms with E-state index in [9.17, 15) is 14.7 Å². The molecule has 182 valence electrons. The van der Waals surface area contributed by atoms with Crippen molar-refractivity contribution < 1.29 is 14.7 Å². The second kappa shape index (κ2) is 9.02. The molecule has 1 aromatic rings. The molecule has 0 spiro atoms. The fourth-order valence-corrected chi connectivity index (χ4v) is 5.76. The van der Waals surface area contributed by atoms with Gasteiger partial charge in [-0.15, -0.1) is 0 Å². The molecule has 0 bridgehead atoms. The van der Waals surface area contributed by atoms with Crippen LogP contribution in [-0.4, -0.2) is 45.0 Å². The van der Waals surface area contributed by atoms with Gasteiger partial charge in [0.05, 0.1) is 24.1 Å². The van der Waals surface area contributed by atoms with Crippen LogP contribution in [-0.2, 0) is 4.79 Å². The molecule has 1 saturated heterocycles. The van der Waals surface area contributed by atoms with Crippen molar-refractivity contribution in [2.45, 2.75) is 76.6 Å².